The fraction of sp³-hybridized carbons (Fsp3) is 0.435. The lowest BCUT2D eigenvalue weighted by atomic mass is 10.2. The van der Waals surface area contributed by atoms with Crippen LogP contribution in [0.1, 0.15) is 12.5 Å². The zero-order chi connectivity index (χ0) is 20.3. The van der Waals surface area contributed by atoms with Gasteiger partial charge in [-0.2, -0.15) is 0 Å². The van der Waals surface area contributed by atoms with E-state index in [4.69, 9.17) is 14.5 Å². The number of nitrogens with zero attached hydrogens (tertiary/aromatic N) is 3. The van der Waals surface area contributed by atoms with Crippen molar-refractivity contribution < 1.29 is 9.47 Å². The molecule has 0 bridgehead atoms. The Hall–Kier alpha value is -2.73. The van der Waals surface area contributed by atoms with Gasteiger partial charge in [-0.25, -0.2) is 4.99 Å². The summed E-state index contributed by atoms with van der Waals surface area (Å²) in [6.07, 6.45) is 0. The van der Waals surface area contributed by atoms with Crippen LogP contribution in [0.2, 0.25) is 0 Å². The first-order valence-electron chi connectivity index (χ1n) is 10.3. The van der Waals surface area contributed by atoms with Gasteiger partial charge in [0.15, 0.2) is 5.96 Å². The Balaban J connectivity index is 1.52. The summed E-state index contributed by atoms with van der Waals surface area (Å²) >= 11 is 0. The van der Waals surface area contributed by atoms with Crippen molar-refractivity contribution >= 4 is 11.6 Å². The number of guanidine groups is 1. The standard InChI is InChI=1S/C23H32N4O2/c1-3-24-23(26(2)13-18-29-22-7-5-4-6-8-22)25-19-20-9-11-21(12-10-20)27-14-16-28-17-15-27/h4-12H,3,13-19H2,1-2H3,(H,24,25). The summed E-state index contributed by atoms with van der Waals surface area (Å²) in [5.41, 5.74) is 2.45. The van der Waals surface area contributed by atoms with Crippen molar-refractivity contribution in [3.8, 4) is 5.75 Å². The molecule has 1 N–H and O–H groups in total. The van der Waals surface area contributed by atoms with Crippen molar-refractivity contribution in [3.63, 3.8) is 0 Å². The monoisotopic (exact) mass is 396 g/mol. The normalized spacial score (nSPS) is 14.6. The number of likely N-dealkylation sites (N-methyl/N-ethyl adjacent to an activating group) is 1. The van der Waals surface area contributed by atoms with Gasteiger partial charge in [0.25, 0.3) is 0 Å². The van der Waals surface area contributed by atoms with E-state index in [0.717, 1.165) is 51.1 Å². The van der Waals surface area contributed by atoms with Crippen molar-refractivity contribution in [1.82, 2.24) is 10.2 Å². The highest BCUT2D eigenvalue weighted by molar-refractivity contribution is 5.79. The molecule has 1 fully saturated rings. The highest BCUT2D eigenvalue weighted by Gasteiger charge is 2.11. The average Bonchev–Trinajstić information content (AvgIpc) is 2.78. The Labute approximate surface area is 174 Å². The summed E-state index contributed by atoms with van der Waals surface area (Å²) in [6.45, 7) is 8.46. The highest BCUT2D eigenvalue weighted by atomic mass is 16.5. The van der Waals surface area contributed by atoms with Gasteiger partial charge in [0.1, 0.15) is 12.4 Å². The molecular formula is C23H32N4O2. The van der Waals surface area contributed by atoms with E-state index < -0.39 is 0 Å². The lowest BCUT2D eigenvalue weighted by molar-refractivity contribution is 0.122. The van der Waals surface area contributed by atoms with E-state index in [1.807, 2.05) is 37.4 Å². The molecule has 3 rings (SSSR count). The number of anilines is 1. The van der Waals surface area contributed by atoms with Crippen LogP contribution >= 0.6 is 0 Å². The third-order valence-electron chi connectivity index (χ3n) is 4.86. The summed E-state index contributed by atoms with van der Waals surface area (Å²) in [4.78, 5) is 9.26. The fourth-order valence-corrected chi connectivity index (χ4v) is 3.19. The summed E-state index contributed by atoms with van der Waals surface area (Å²) in [5.74, 6) is 1.78. The van der Waals surface area contributed by atoms with Gasteiger partial charge in [-0.3, -0.25) is 0 Å². The molecule has 1 saturated heterocycles. The van der Waals surface area contributed by atoms with Gasteiger partial charge in [-0.05, 0) is 36.8 Å². The number of aliphatic imine (C=N–C) groups is 1. The summed E-state index contributed by atoms with van der Waals surface area (Å²) in [6, 6.07) is 18.6. The van der Waals surface area contributed by atoms with Crippen LogP contribution in [0.15, 0.2) is 59.6 Å². The number of morpholine rings is 1. The van der Waals surface area contributed by atoms with Crippen LogP contribution in [-0.4, -0.2) is 63.9 Å². The molecule has 0 amide bonds. The molecule has 29 heavy (non-hydrogen) atoms. The molecule has 1 aliphatic heterocycles. The van der Waals surface area contributed by atoms with Gasteiger partial charge >= 0.3 is 0 Å². The lowest BCUT2D eigenvalue weighted by Gasteiger charge is -2.28. The number of nitrogens with one attached hydrogen (secondary N) is 1. The van der Waals surface area contributed by atoms with Crippen molar-refractivity contribution in [2.45, 2.75) is 13.5 Å². The second kappa shape index (κ2) is 11.3. The molecule has 0 atom stereocenters. The molecule has 0 aliphatic carbocycles. The van der Waals surface area contributed by atoms with Gasteiger partial charge in [-0.15, -0.1) is 0 Å². The topological polar surface area (TPSA) is 49.3 Å². The first-order chi connectivity index (χ1) is 14.3. The summed E-state index contributed by atoms with van der Waals surface area (Å²) in [7, 11) is 2.04. The molecule has 0 aromatic heterocycles. The van der Waals surface area contributed by atoms with E-state index in [9.17, 15) is 0 Å². The predicted molar refractivity (Wildman–Crippen MR) is 119 cm³/mol. The van der Waals surface area contributed by atoms with Crippen molar-refractivity contribution in [1.29, 1.82) is 0 Å². The van der Waals surface area contributed by atoms with Gasteiger partial charge in [0.05, 0.1) is 26.3 Å². The smallest absolute Gasteiger partial charge is 0.194 e. The maximum Gasteiger partial charge on any atom is 0.194 e. The quantitative estimate of drug-likeness (QED) is 0.549. The van der Waals surface area contributed by atoms with E-state index in [1.54, 1.807) is 0 Å². The Kier molecular flexibility index (Phi) is 8.19. The molecule has 2 aromatic carbocycles. The zero-order valence-electron chi connectivity index (χ0n) is 17.5. The van der Waals surface area contributed by atoms with Crippen molar-refractivity contribution in [2.75, 3.05) is 57.9 Å². The van der Waals surface area contributed by atoms with Crippen LogP contribution < -0.4 is 15.0 Å². The molecule has 0 saturated carbocycles. The Bertz CT molecular complexity index is 743. The molecule has 0 unspecified atom stereocenters. The van der Waals surface area contributed by atoms with Crippen molar-refractivity contribution in [3.05, 3.63) is 60.2 Å². The Morgan fingerprint density at radius 2 is 1.83 bits per heavy atom. The fourth-order valence-electron chi connectivity index (χ4n) is 3.19. The molecule has 0 spiro atoms. The van der Waals surface area contributed by atoms with Gasteiger partial charge in [-0.1, -0.05) is 30.3 Å². The third kappa shape index (κ3) is 6.68. The van der Waals surface area contributed by atoms with Crippen LogP contribution in [0.25, 0.3) is 0 Å². The van der Waals surface area contributed by atoms with Gasteiger partial charge < -0.3 is 24.6 Å². The van der Waals surface area contributed by atoms with Crippen LogP contribution in [-0.2, 0) is 11.3 Å². The lowest BCUT2D eigenvalue weighted by Crippen LogP contribution is -2.40. The van der Waals surface area contributed by atoms with E-state index in [2.05, 4.69) is 46.3 Å². The van der Waals surface area contributed by atoms with E-state index >= 15 is 0 Å². The predicted octanol–water partition coefficient (Wildman–Crippen LogP) is 3.00. The minimum absolute atomic E-state index is 0.610. The molecular weight excluding hydrogens is 364 g/mol. The summed E-state index contributed by atoms with van der Waals surface area (Å²) in [5, 5.41) is 3.36. The molecule has 6 nitrogen and oxygen atoms in total. The maximum atomic E-state index is 5.80. The van der Waals surface area contributed by atoms with Gasteiger partial charge in [0, 0.05) is 32.4 Å². The zero-order valence-corrected chi connectivity index (χ0v) is 17.5. The number of benzene rings is 2. The largest absolute Gasteiger partial charge is 0.492 e. The first kappa shape index (κ1) is 21.0. The Morgan fingerprint density at radius 3 is 2.52 bits per heavy atom. The molecule has 6 heteroatoms. The molecule has 1 aliphatic rings. The SMILES string of the molecule is CCNC(=NCc1ccc(N2CCOCC2)cc1)N(C)CCOc1ccccc1. The number of rotatable bonds is 8. The minimum Gasteiger partial charge on any atom is -0.492 e. The summed E-state index contributed by atoms with van der Waals surface area (Å²) < 4.78 is 11.2. The molecule has 156 valence electrons. The number of ether oxygens (including phenoxy) is 2. The highest BCUT2D eigenvalue weighted by Crippen LogP contribution is 2.17. The van der Waals surface area contributed by atoms with E-state index in [-0.39, 0.29) is 0 Å². The number of hydrogen-bond donors (Lipinski definition) is 1. The van der Waals surface area contributed by atoms with Crippen LogP contribution in [0.4, 0.5) is 5.69 Å². The van der Waals surface area contributed by atoms with E-state index in [0.29, 0.717) is 13.2 Å². The second-order valence-electron chi connectivity index (χ2n) is 7.02. The molecule has 0 radical (unpaired) electrons. The van der Waals surface area contributed by atoms with E-state index in [1.165, 1.54) is 11.3 Å². The maximum absolute atomic E-state index is 5.80. The second-order valence-corrected chi connectivity index (χ2v) is 7.02. The van der Waals surface area contributed by atoms with Crippen LogP contribution in [0.5, 0.6) is 5.75 Å². The van der Waals surface area contributed by atoms with Crippen molar-refractivity contribution in [2.24, 2.45) is 4.99 Å². The van der Waals surface area contributed by atoms with Crippen LogP contribution in [0.3, 0.4) is 0 Å². The number of hydrogen-bond acceptors (Lipinski definition) is 4. The molecule has 2 aromatic rings. The Morgan fingerprint density at radius 1 is 1.10 bits per heavy atom. The molecule has 1 heterocycles. The van der Waals surface area contributed by atoms with Crippen LogP contribution in [0, 0.1) is 0 Å². The van der Waals surface area contributed by atoms with Gasteiger partial charge in [0.2, 0.25) is 0 Å². The first-order valence-corrected chi connectivity index (χ1v) is 10.3. The minimum atomic E-state index is 0.610. The average molecular weight is 397 g/mol. The number of para-hydroxylation sites is 1. The third-order valence-corrected chi connectivity index (χ3v) is 4.86.